The summed E-state index contributed by atoms with van der Waals surface area (Å²) in [5, 5.41) is 11.6. The van der Waals surface area contributed by atoms with Crippen LogP contribution in [0.2, 0.25) is 0 Å². The molecule has 2 nitrogen and oxygen atoms in total. The van der Waals surface area contributed by atoms with Crippen molar-refractivity contribution >= 4 is 17.4 Å². The summed E-state index contributed by atoms with van der Waals surface area (Å²) < 4.78 is 38.1. The van der Waals surface area contributed by atoms with Crippen molar-refractivity contribution in [3.63, 3.8) is 0 Å². The van der Waals surface area contributed by atoms with Crippen LogP contribution in [0.25, 0.3) is 0 Å². The third-order valence-electron chi connectivity index (χ3n) is 2.26. The lowest BCUT2D eigenvalue weighted by atomic mass is 10.1. The van der Waals surface area contributed by atoms with Crippen LogP contribution in [0.5, 0.6) is 0 Å². The number of thioether (sulfide) groups is 1. The molecule has 0 amide bonds. The normalized spacial score (nSPS) is 10.8. The van der Waals surface area contributed by atoms with E-state index in [0.29, 0.717) is 12.2 Å². The minimum atomic E-state index is -4.51. The van der Waals surface area contributed by atoms with Gasteiger partial charge in [0.1, 0.15) is 0 Å². The summed E-state index contributed by atoms with van der Waals surface area (Å²) in [6, 6.07) is 5.18. The zero-order chi connectivity index (χ0) is 14.3. The number of alkyl halides is 3. The molecule has 1 N–H and O–H groups in total. The molecule has 0 aromatic heterocycles. The molecule has 0 aliphatic heterocycles. The first-order valence-electron chi connectivity index (χ1n) is 5.53. The summed E-state index contributed by atoms with van der Waals surface area (Å²) in [6.45, 7) is 4.13. The van der Waals surface area contributed by atoms with Crippen LogP contribution in [0.15, 0.2) is 30.9 Å². The zero-order valence-corrected chi connectivity index (χ0v) is 10.9. The van der Waals surface area contributed by atoms with Crippen molar-refractivity contribution in [1.82, 2.24) is 0 Å². The Bertz CT molecular complexity index is 478. The molecule has 0 aliphatic rings. The van der Waals surface area contributed by atoms with Crippen molar-refractivity contribution in [3.05, 3.63) is 42.0 Å². The van der Waals surface area contributed by atoms with E-state index in [-0.39, 0.29) is 5.56 Å². The molecule has 0 aliphatic carbocycles. The number of nitrogens with one attached hydrogen (secondary N) is 1. The fraction of sp³-hybridized carbons (Fsp3) is 0.308. The van der Waals surface area contributed by atoms with Crippen LogP contribution < -0.4 is 5.32 Å². The molecule has 1 aromatic carbocycles. The maximum atomic E-state index is 12.7. The Balaban J connectivity index is 2.71. The van der Waals surface area contributed by atoms with Crippen molar-refractivity contribution in [2.75, 3.05) is 23.4 Å². The quantitative estimate of drug-likeness (QED) is 0.636. The van der Waals surface area contributed by atoms with Crippen LogP contribution in [0, 0.1) is 11.3 Å². The van der Waals surface area contributed by atoms with Gasteiger partial charge in [-0.25, -0.2) is 0 Å². The number of rotatable bonds is 6. The standard InChI is InChI=1S/C13H13F3N2S/c1-2-6-19-7-5-18-11-4-3-10(9-17)12(8-11)13(14,15)16/h2-4,8,18H,1,5-7H2. The Morgan fingerprint density at radius 2 is 2.16 bits per heavy atom. The van der Waals surface area contributed by atoms with Crippen molar-refractivity contribution < 1.29 is 13.2 Å². The Morgan fingerprint density at radius 1 is 1.42 bits per heavy atom. The molecule has 1 rings (SSSR count). The molecular weight excluding hydrogens is 273 g/mol. The monoisotopic (exact) mass is 286 g/mol. The SMILES string of the molecule is C=CCSCCNc1ccc(C#N)c(C(F)(F)F)c1. The second kappa shape index (κ2) is 7.10. The molecule has 1 aromatic rings. The van der Waals surface area contributed by atoms with Crippen LogP contribution in [-0.4, -0.2) is 18.1 Å². The third kappa shape index (κ3) is 4.87. The zero-order valence-electron chi connectivity index (χ0n) is 10.1. The van der Waals surface area contributed by atoms with Gasteiger partial charge in [-0.2, -0.15) is 30.2 Å². The predicted molar refractivity (Wildman–Crippen MR) is 72.2 cm³/mol. The van der Waals surface area contributed by atoms with E-state index in [4.69, 9.17) is 5.26 Å². The summed E-state index contributed by atoms with van der Waals surface area (Å²) in [5.41, 5.74) is -0.900. The lowest BCUT2D eigenvalue weighted by Crippen LogP contribution is -2.10. The van der Waals surface area contributed by atoms with Crippen LogP contribution in [0.1, 0.15) is 11.1 Å². The Labute approximate surface area is 114 Å². The highest BCUT2D eigenvalue weighted by Crippen LogP contribution is 2.33. The Morgan fingerprint density at radius 3 is 2.74 bits per heavy atom. The van der Waals surface area contributed by atoms with Crippen molar-refractivity contribution in [2.24, 2.45) is 0 Å². The lowest BCUT2D eigenvalue weighted by molar-refractivity contribution is -0.137. The minimum absolute atomic E-state index is 0.362. The first-order valence-corrected chi connectivity index (χ1v) is 6.68. The fourth-order valence-corrected chi connectivity index (χ4v) is 2.00. The average Bonchev–Trinajstić information content (AvgIpc) is 2.37. The van der Waals surface area contributed by atoms with E-state index in [1.165, 1.54) is 12.1 Å². The van der Waals surface area contributed by atoms with Crippen LogP contribution in [0.4, 0.5) is 18.9 Å². The molecule has 0 radical (unpaired) electrons. The van der Waals surface area contributed by atoms with Gasteiger partial charge in [0.25, 0.3) is 0 Å². The average molecular weight is 286 g/mol. The van der Waals surface area contributed by atoms with E-state index in [2.05, 4.69) is 11.9 Å². The molecule has 0 atom stereocenters. The number of benzene rings is 1. The van der Waals surface area contributed by atoms with E-state index in [9.17, 15) is 13.2 Å². The maximum Gasteiger partial charge on any atom is 0.417 e. The van der Waals surface area contributed by atoms with Crippen LogP contribution in [0.3, 0.4) is 0 Å². The van der Waals surface area contributed by atoms with E-state index < -0.39 is 11.7 Å². The van der Waals surface area contributed by atoms with Gasteiger partial charge >= 0.3 is 6.18 Å². The van der Waals surface area contributed by atoms with E-state index in [0.717, 1.165) is 17.6 Å². The summed E-state index contributed by atoms with van der Waals surface area (Å²) in [4.78, 5) is 0. The first kappa shape index (κ1) is 15.4. The van der Waals surface area contributed by atoms with Crippen molar-refractivity contribution in [2.45, 2.75) is 6.18 Å². The number of hydrogen-bond acceptors (Lipinski definition) is 3. The second-order valence-corrected chi connectivity index (χ2v) is 4.81. The van der Waals surface area contributed by atoms with Gasteiger partial charge in [-0.3, -0.25) is 0 Å². The number of hydrogen-bond donors (Lipinski definition) is 1. The highest BCUT2D eigenvalue weighted by Gasteiger charge is 2.33. The van der Waals surface area contributed by atoms with Gasteiger partial charge < -0.3 is 5.32 Å². The summed E-state index contributed by atoms with van der Waals surface area (Å²) in [5.74, 6) is 1.58. The summed E-state index contributed by atoms with van der Waals surface area (Å²) >= 11 is 1.63. The lowest BCUT2D eigenvalue weighted by Gasteiger charge is -2.12. The molecule has 6 heteroatoms. The van der Waals surface area contributed by atoms with Crippen molar-refractivity contribution in [3.8, 4) is 6.07 Å². The second-order valence-electron chi connectivity index (χ2n) is 3.66. The smallest absolute Gasteiger partial charge is 0.384 e. The van der Waals surface area contributed by atoms with Gasteiger partial charge in [-0.1, -0.05) is 6.08 Å². The summed E-state index contributed by atoms with van der Waals surface area (Å²) in [7, 11) is 0. The largest absolute Gasteiger partial charge is 0.417 e. The molecule has 0 heterocycles. The van der Waals surface area contributed by atoms with Crippen molar-refractivity contribution in [1.29, 1.82) is 5.26 Å². The highest BCUT2D eigenvalue weighted by molar-refractivity contribution is 7.99. The molecule has 0 bridgehead atoms. The number of anilines is 1. The topological polar surface area (TPSA) is 35.8 Å². The van der Waals surface area contributed by atoms with Gasteiger partial charge in [-0.05, 0) is 18.2 Å². The maximum absolute atomic E-state index is 12.7. The fourth-order valence-electron chi connectivity index (χ4n) is 1.42. The van der Waals surface area contributed by atoms with E-state index >= 15 is 0 Å². The first-order chi connectivity index (χ1) is 8.99. The van der Waals surface area contributed by atoms with E-state index in [1.54, 1.807) is 23.9 Å². The predicted octanol–water partition coefficient (Wildman–Crippen LogP) is 3.91. The Hall–Kier alpha value is -1.61. The van der Waals surface area contributed by atoms with Gasteiger partial charge in [0.05, 0.1) is 17.2 Å². The molecule has 0 saturated heterocycles. The highest BCUT2D eigenvalue weighted by atomic mass is 32.2. The van der Waals surface area contributed by atoms with Gasteiger partial charge in [0, 0.05) is 23.7 Å². The van der Waals surface area contributed by atoms with Gasteiger partial charge in [-0.15, -0.1) is 6.58 Å². The molecular formula is C13H13F3N2S. The summed E-state index contributed by atoms with van der Waals surface area (Å²) in [6.07, 6.45) is -2.74. The third-order valence-corrected chi connectivity index (χ3v) is 3.22. The van der Waals surface area contributed by atoms with Crippen LogP contribution in [-0.2, 0) is 6.18 Å². The van der Waals surface area contributed by atoms with Crippen LogP contribution >= 0.6 is 11.8 Å². The molecule has 102 valence electrons. The number of nitriles is 1. The molecule has 0 saturated carbocycles. The molecule has 0 spiro atoms. The van der Waals surface area contributed by atoms with Gasteiger partial charge in [0.15, 0.2) is 0 Å². The van der Waals surface area contributed by atoms with E-state index in [1.807, 2.05) is 0 Å². The molecule has 0 fully saturated rings. The minimum Gasteiger partial charge on any atom is -0.384 e. The number of halogens is 3. The van der Waals surface area contributed by atoms with Gasteiger partial charge in [0.2, 0.25) is 0 Å². The molecule has 19 heavy (non-hydrogen) atoms. The molecule has 0 unspecified atom stereocenters. The Kier molecular flexibility index (Phi) is 5.77. The number of nitrogens with zero attached hydrogens (tertiary/aromatic N) is 1.